The zero-order valence-electron chi connectivity index (χ0n) is 8.03. The van der Waals surface area contributed by atoms with Gasteiger partial charge in [0, 0.05) is 19.7 Å². The monoisotopic (exact) mass is 181 g/mol. The van der Waals surface area contributed by atoms with Gasteiger partial charge in [0.2, 0.25) is 0 Å². The summed E-state index contributed by atoms with van der Waals surface area (Å²) in [7, 11) is 1.91. The van der Waals surface area contributed by atoms with Crippen LogP contribution in [-0.2, 0) is 0 Å². The summed E-state index contributed by atoms with van der Waals surface area (Å²) in [5, 5.41) is 9.22. The third kappa shape index (κ3) is 2.36. The zero-order valence-corrected chi connectivity index (χ0v) is 8.03. The molecule has 1 atom stereocenters. The third-order valence-electron chi connectivity index (χ3n) is 1.80. The molecule has 0 aromatic carbocycles. The van der Waals surface area contributed by atoms with Crippen molar-refractivity contribution >= 4 is 5.88 Å². The quantitative estimate of drug-likeness (QED) is 0.721. The van der Waals surface area contributed by atoms with Crippen LogP contribution in [0.1, 0.15) is 18.8 Å². The summed E-state index contributed by atoms with van der Waals surface area (Å²) in [4.78, 5) is 1.92. The number of hydrogen-bond acceptors (Lipinski definition) is 3. The molecule has 0 spiro atoms. The van der Waals surface area contributed by atoms with E-state index in [0.717, 1.165) is 12.4 Å². The van der Waals surface area contributed by atoms with Gasteiger partial charge < -0.3 is 14.4 Å². The van der Waals surface area contributed by atoms with Crippen molar-refractivity contribution < 1.29 is 9.52 Å². The number of anilines is 1. The van der Waals surface area contributed by atoms with Gasteiger partial charge in [0.15, 0.2) is 5.88 Å². The molecule has 0 aliphatic heterocycles. The fourth-order valence-corrected chi connectivity index (χ4v) is 1.06. The molecule has 0 aliphatic carbocycles. The Morgan fingerprint density at radius 1 is 1.69 bits per heavy atom. The topological polar surface area (TPSA) is 36.6 Å². The van der Waals surface area contributed by atoms with E-state index < -0.39 is 6.10 Å². The molecule has 0 saturated carbocycles. The maximum absolute atomic E-state index is 9.22. The SMILES string of the molecule is C=CCN(C)c1ccc(C(C)O)o1. The molecule has 0 amide bonds. The highest BCUT2D eigenvalue weighted by Gasteiger charge is 2.08. The highest BCUT2D eigenvalue weighted by molar-refractivity contribution is 5.36. The Morgan fingerprint density at radius 3 is 2.85 bits per heavy atom. The first-order valence-corrected chi connectivity index (χ1v) is 4.25. The minimum absolute atomic E-state index is 0.550. The predicted molar refractivity (Wildman–Crippen MR) is 52.8 cm³/mol. The molecule has 3 nitrogen and oxygen atoms in total. The van der Waals surface area contributed by atoms with E-state index in [1.807, 2.05) is 18.0 Å². The van der Waals surface area contributed by atoms with E-state index in [9.17, 15) is 5.11 Å². The molecule has 1 N–H and O–H groups in total. The van der Waals surface area contributed by atoms with Gasteiger partial charge in [0.1, 0.15) is 11.9 Å². The molecule has 0 radical (unpaired) electrons. The predicted octanol–water partition coefficient (Wildman–Crippen LogP) is 1.96. The molecule has 72 valence electrons. The normalized spacial score (nSPS) is 12.5. The van der Waals surface area contributed by atoms with Crippen LogP contribution in [0.3, 0.4) is 0 Å². The van der Waals surface area contributed by atoms with Crippen molar-refractivity contribution in [3.63, 3.8) is 0 Å². The van der Waals surface area contributed by atoms with Crippen LogP contribution in [0.4, 0.5) is 5.88 Å². The van der Waals surface area contributed by atoms with Crippen molar-refractivity contribution in [2.24, 2.45) is 0 Å². The second kappa shape index (κ2) is 4.14. The second-order valence-corrected chi connectivity index (χ2v) is 3.02. The van der Waals surface area contributed by atoms with E-state index in [2.05, 4.69) is 6.58 Å². The van der Waals surface area contributed by atoms with E-state index in [1.54, 1.807) is 19.1 Å². The first-order valence-electron chi connectivity index (χ1n) is 4.25. The second-order valence-electron chi connectivity index (χ2n) is 3.02. The Hall–Kier alpha value is -1.22. The van der Waals surface area contributed by atoms with Gasteiger partial charge in [0.25, 0.3) is 0 Å². The van der Waals surface area contributed by atoms with Crippen LogP contribution in [-0.4, -0.2) is 18.7 Å². The summed E-state index contributed by atoms with van der Waals surface area (Å²) in [6, 6.07) is 3.62. The number of furan rings is 1. The fourth-order valence-electron chi connectivity index (χ4n) is 1.06. The van der Waals surface area contributed by atoms with Crippen LogP contribution in [0.5, 0.6) is 0 Å². The van der Waals surface area contributed by atoms with Gasteiger partial charge in [-0.1, -0.05) is 6.08 Å². The number of hydrogen-bond donors (Lipinski definition) is 1. The fraction of sp³-hybridized carbons (Fsp3) is 0.400. The number of aliphatic hydroxyl groups is 1. The highest BCUT2D eigenvalue weighted by atomic mass is 16.4. The molecular weight excluding hydrogens is 166 g/mol. The van der Waals surface area contributed by atoms with E-state index in [4.69, 9.17) is 4.42 Å². The van der Waals surface area contributed by atoms with Gasteiger partial charge in [-0.3, -0.25) is 0 Å². The number of rotatable bonds is 4. The molecule has 0 fully saturated rings. The van der Waals surface area contributed by atoms with Crippen molar-refractivity contribution in [3.05, 3.63) is 30.5 Å². The first-order chi connectivity index (χ1) is 6.15. The van der Waals surface area contributed by atoms with E-state index in [1.165, 1.54) is 0 Å². The standard InChI is InChI=1S/C10H15NO2/c1-4-7-11(3)10-6-5-9(13-10)8(2)12/h4-6,8,12H,1,7H2,2-3H3. The van der Waals surface area contributed by atoms with Crippen LogP contribution in [0, 0.1) is 0 Å². The number of aliphatic hydroxyl groups excluding tert-OH is 1. The molecule has 0 bridgehead atoms. The number of nitrogens with zero attached hydrogens (tertiary/aromatic N) is 1. The van der Waals surface area contributed by atoms with Crippen molar-refractivity contribution in [2.75, 3.05) is 18.5 Å². The molecule has 0 saturated heterocycles. The minimum atomic E-state index is -0.550. The maximum Gasteiger partial charge on any atom is 0.195 e. The van der Waals surface area contributed by atoms with Crippen LogP contribution in [0.25, 0.3) is 0 Å². The van der Waals surface area contributed by atoms with Gasteiger partial charge in [-0.05, 0) is 13.0 Å². The summed E-state index contributed by atoms with van der Waals surface area (Å²) >= 11 is 0. The van der Waals surface area contributed by atoms with Gasteiger partial charge in [-0.15, -0.1) is 6.58 Å². The molecule has 1 rings (SSSR count). The molecule has 1 unspecified atom stereocenters. The Morgan fingerprint density at radius 2 is 2.38 bits per heavy atom. The first kappa shape index (κ1) is 9.86. The Bertz CT molecular complexity index is 278. The summed E-state index contributed by atoms with van der Waals surface area (Å²) in [6.45, 7) is 6.04. The summed E-state index contributed by atoms with van der Waals surface area (Å²) in [5.74, 6) is 1.33. The number of likely N-dealkylation sites (N-methyl/N-ethyl adjacent to an activating group) is 1. The minimum Gasteiger partial charge on any atom is -0.443 e. The van der Waals surface area contributed by atoms with E-state index in [0.29, 0.717) is 5.76 Å². The molecule has 1 heterocycles. The molecule has 3 heteroatoms. The summed E-state index contributed by atoms with van der Waals surface area (Å²) in [5.41, 5.74) is 0. The Balaban J connectivity index is 2.73. The molecular formula is C10H15NO2. The van der Waals surface area contributed by atoms with Crippen molar-refractivity contribution in [1.29, 1.82) is 0 Å². The lowest BCUT2D eigenvalue weighted by Crippen LogP contribution is -2.15. The van der Waals surface area contributed by atoms with Gasteiger partial charge in [0.05, 0.1) is 0 Å². The highest BCUT2D eigenvalue weighted by Crippen LogP contribution is 2.21. The average molecular weight is 181 g/mol. The summed E-state index contributed by atoms with van der Waals surface area (Å²) in [6.07, 6.45) is 1.25. The zero-order chi connectivity index (χ0) is 9.84. The van der Waals surface area contributed by atoms with Crippen molar-refractivity contribution in [2.45, 2.75) is 13.0 Å². The average Bonchev–Trinajstić information content (AvgIpc) is 2.52. The lowest BCUT2D eigenvalue weighted by molar-refractivity contribution is 0.170. The van der Waals surface area contributed by atoms with Gasteiger partial charge >= 0.3 is 0 Å². The van der Waals surface area contributed by atoms with Crippen molar-refractivity contribution in [1.82, 2.24) is 0 Å². The Labute approximate surface area is 78.3 Å². The molecule has 0 aliphatic rings. The smallest absolute Gasteiger partial charge is 0.195 e. The van der Waals surface area contributed by atoms with Crippen LogP contribution in [0.2, 0.25) is 0 Å². The van der Waals surface area contributed by atoms with Crippen molar-refractivity contribution in [3.8, 4) is 0 Å². The van der Waals surface area contributed by atoms with Gasteiger partial charge in [-0.25, -0.2) is 0 Å². The van der Waals surface area contributed by atoms with E-state index in [-0.39, 0.29) is 0 Å². The molecule has 1 aromatic heterocycles. The van der Waals surface area contributed by atoms with E-state index >= 15 is 0 Å². The molecule has 1 aromatic rings. The largest absolute Gasteiger partial charge is 0.443 e. The summed E-state index contributed by atoms with van der Waals surface area (Å²) < 4.78 is 5.39. The third-order valence-corrected chi connectivity index (χ3v) is 1.80. The van der Waals surface area contributed by atoms with Crippen LogP contribution < -0.4 is 4.90 Å². The molecule has 13 heavy (non-hydrogen) atoms. The van der Waals surface area contributed by atoms with Gasteiger partial charge in [-0.2, -0.15) is 0 Å². The maximum atomic E-state index is 9.22. The van der Waals surface area contributed by atoms with Crippen LogP contribution in [0.15, 0.2) is 29.2 Å². The lowest BCUT2D eigenvalue weighted by atomic mass is 10.3. The Kier molecular flexibility index (Phi) is 3.14. The lowest BCUT2D eigenvalue weighted by Gasteiger charge is -2.12. The van der Waals surface area contributed by atoms with Crippen LogP contribution >= 0.6 is 0 Å².